The van der Waals surface area contributed by atoms with Crippen LogP contribution in [0.4, 0.5) is 5.13 Å². The van der Waals surface area contributed by atoms with Gasteiger partial charge in [0.15, 0.2) is 0 Å². The first kappa shape index (κ1) is 13.4. The molecule has 1 fully saturated rings. The van der Waals surface area contributed by atoms with E-state index in [1.165, 1.54) is 11.3 Å². The van der Waals surface area contributed by atoms with E-state index in [2.05, 4.69) is 20.8 Å². The Hall–Kier alpha value is -1.05. The Morgan fingerprint density at radius 2 is 2.22 bits per heavy atom. The van der Waals surface area contributed by atoms with Gasteiger partial charge in [-0.3, -0.25) is 10.1 Å². The molecule has 0 aliphatic carbocycles. The number of hydrogen-bond donors (Lipinski definition) is 2. The van der Waals surface area contributed by atoms with E-state index >= 15 is 0 Å². The van der Waals surface area contributed by atoms with Crippen LogP contribution in [0.1, 0.15) is 24.8 Å². The average Bonchev–Trinajstić information content (AvgIpc) is 2.87. The molecule has 18 heavy (non-hydrogen) atoms. The Kier molecular flexibility index (Phi) is 4.26. The molecule has 1 aliphatic rings. The van der Waals surface area contributed by atoms with Crippen LogP contribution in [0, 0.1) is 0 Å². The second kappa shape index (κ2) is 5.73. The Labute approximate surface area is 110 Å². The van der Waals surface area contributed by atoms with E-state index in [0.717, 1.165) is 24.5 Å². The van der Waals surface area contributed by atoms with Gasteiger partial charge in [-0.25, -0.2) is 0 Å². The maximum absolute atomic E-state index is 12.3. The summed E-state index contributed by atoms with van der Waals surface area (Å²) in [5, 5.41) is 15.4. The molecule has 7 heteroatoms. The average molecular weight is 270 g/mol. The molecule has 2 rings (SSSR count). The largest absolute Gasteiger partial charge is 0.368 e. The molecule has 0 saturated carbocycles. The summed E-state index contributed by atoms with van der Waals surface area (Å²) in [6.07, 6.45) is 2.18. The molecule has 0 radical (unpaired) electrons. The summed E-state index contributed by atoms with van der Waals surface area (Å²) in [5.74, 6) is -0.120. The highest BCUT2D eigenvalue weighted by Gasteiger charge is 2.40. The lowest BCUT2D eigenvalue weighted by molar-refractivity contribution is -0.140. The molecular formula is C11H18N4O2S. The molecule has 1 saturated heterocycles. The maximum atomic E-state index is 12.3. The monoisotopic (exact) mass is 270 g/mol. The molecular weight excluding hydrogens is 252 g/mol. The molecule has 0 spiro atoms. The minimum atomic E-state index is -0.733. The molecule has 0 bridgehead atoms. The Bertz CT molecular complexity index is 415. The van der Waals surface area contributed by atoms with Crippen molar-refractivity contribution in [2.45, 2.75) is 31.8 Å². The maximum Gasteiger partial charge on any atom is 0.258 e. The summed E-state index contributed by atoms with van der Waals surface area (Å²) < 4.78 is 5.45. The summed E-state index contributed by atoms with van der Waals surface area (Å²) in [6.45, 7) is 3.59. The van der Waals surface area contributed by atoms with Crippen molar-refractivity contribution in [3.05, 3.63) is 5.01 Å². The van der Waals surface area contributed by atoms with E-state index in [0.29, 0.717) is 18.0 Å². The minimum absolute atomic E-state index is 0.120. The molecule has 1 aromatic rings. The first-order valence-electron chi connectivity index (χ1n) is 6.10. The number of methoxy groups -OCH3 is 1. The van der Waals surface area contributed by atoms with Crippen molar-refractivity contribution >= 4 is 22.4 Å². The Morgan fingerprint density at radius 1 is 1.50 bits per heavy atom. The van der Waals surface area contributed by atoms with Gasteiger partial charge >= 0.3 is 0 Å². The molecule has 2 heterocycles. The molecule has 1 aliphatic heterocycles. The van der Waals surface area contributed by atoms with Crippen LogP contribution in [0.25, 0.3) is 0 Å². The first-order valence-corrected chi connectivity index (χ1v) is 6.91. The fourth-order valence-corrected chi connectivity index (χ4v) is 2.69. The van der Waals surface area contributed by atoms with Gasteiger partial charge in [0, 0.05) is 7.11 Å². The van der Waals surface area contributed by atoms with Gasteiger partial charge < -0.3 is 10.1 Å². The summed E-state index contributed by atoms with van der Waals surface area (Å²) >= 11 is 1.41. The van der Waals surface area contributed by atoms with E-state index in [-0.39, 0.29) is 5.91 Å². The normalized spacial score (nSPS) is 18.6. The zero-order valence-corrected chi connectivity index (χ0v) is 11.5. The lowest BCUT2D eigenvalue weighted by Crippen LogP contribution is -2.51. The van der Waals surface area contributed by atoms with E-state index in [1.54, 1.807) is 7.11 Å². The highest BCUT2D eigenvalue weighted by atomic mass is 32.1. The van der Waals surface area contributed by atoms with Gasteiger partial charge in [-0.1, -0.05) is 18.3 Å². The van der Waals surface area contributed by atoms with E-state index in [9.17, 15) is 4.79 Å². The molecule has 1 amide bonds. The number of anilines is 1. The van der Waals surface area contributed by atoms with Gasteiger partial charge in [0.1, 0.15) is 10.6 Å². The van der Waals surface area contributed by atoms with Gasteiger partial charge in [-0.2, -0.15) is 0 Å². The van der Waals surface area contributed by atoms with Crippen molar-refractivity contribution in [2.75, 3.05) is 25.5 Å². The van der Waals surface area contributed by atoms with Crippen molar-refractivity contribution in [1.29, 1.82) is 0 Å². The number of nitrogens with zero attached hydrogens (tertiary/aromatic N) is 2. The summed E-state index contributed by atoms with van der Waals surface area (Å²) in [7, 11) is 1.59. The van der Waals surface area contributed by atoms with E-state index < -0.39 is 5.60 Å². The second-order valence-corrected chi connectivity index (χ2v) is 5.32. The van der Waals surface area contributed by atoms with Crippen LogP contribution >= 0.6 is 11.3 Å². The minimum Gasteiger partial charge on any atom is -0.368 e. The Morgan fingerprint density at radius 3 is 2.78 bits per heavy atom. The van der Waals surface area contributed by atoms with Gasteiger partial charge in [0.2, 0.25) is 5.13 Å². The van der Waals surface area contributed by atoms with Crippen LogP contribution in [-0.2, 0) is 16.0 Å². The number of aryl methyl sites for hydroxylation is 1. The summed E-state index contributed by atoms with van der Waals surface area (Å²) in [6, 6.07) is 0. The van der Waals surface area contributed by atoms with Gasteiger partial charge in [0.05, 0.1) is 0 Å². The Balaban J connectivity index is 2.05. The number of carbonyl (C=O) groups excluding carboxylic acids is 1. The second-order valence-electron chi connectivity index (χ2n) is 4.26. The number of carbonyl (C=O) groups is 1. The number of ether oxygens (including phenoxy) is 1. The van der Waals surface area contributed by atoms with Crippen molar-refractivity contribution in [2.24, 2.45) is 0 Å². The number of rotatable bonds is 4. The van der Waals surface area contributed by atoms with Crippen LogP contribution in [0.2, 0.25) is 0 Å². The van der Waals surface area contributed by atoms with Crippen LogP contribution < -0.4 is 10.6 Å². The molecule has 1 aromatic heterocycles. The third kappa shape index (κ3) is 2.68. The van der Waals surface area contributed by atoms with Crippen LogP contribution in [0.15, 0.2) is 0 Å². The zero-order chi connectivity index (χ0) is 13.0. The first-order chi connectivity index (χ1) is 8.70. The van der Waals surface area contributed by atoms with E-state index in [1.807, 2.05) is 6.92 Å². The number of piperidine rings is 1. The number of nitrogens with one attached hydrogen (secondary N) is 2. The highest BCUT2D eigenvalue weighted by molar-refractivity contribution is 7.15. The highest BCUT2D eigenvalue weighted by Crippen LogP contribution is 2.25. The SMILES string of the molecule is CCc1nnc(NC(=O)C2(OC)CCNCC2)s1. The van der Waals surface area contributed by atoms with Crippen molar-refractivity contribution in [3.8, 4) is 0 Å². The lowest BCUT2D eigenvalue weighted by Gasteiger charge is -2.34. The molecule has 6 nitrogen and oxygen atoms in total. The fourth-order valence-electron chi connectivity index (χ4n) is 2.01. The topological polar surface area (TPSA) is 76.1 Å². The van der Waals surface area contributed by atoms with Crippen molar-refractivity contribution in [3.63, 3.8) is 0 Å². The summed E-state index contributed by atoms with van der Waals surface area (Å²) in [5.41, 5.74) is -0.733. The predicted octanol–water partition coefficient (Wildman–Crippen LogP) is 0.808. The van der Waals surface area contributed by atoms with E-state index in [4.69, 9.17) is 4.74 Å². The third-order valence-electron chi connectivity index (χ3n) is 3.21. The van der Waals surface area contributed by atoms with Gasteiger partial charge in [-0.05, 0) is 32.4 Å². The standard InChI is InChI=1S/C11H18N4O2S/c1-3-8-14-15-10(18-8)13-9(16)11(17-2)4-6-12-7-5-11/h12H,3-7H2,1-2H3,(H,13,15,16). The van der Waals surface area contributed by atoms with Gasteiger partial charge in [0.25, 0.3) is 5.91 Å². The predicted molar refractivity (Wildman–Crippen MR) is 69.8 cm³/mol. The molecule has 0 aromatic carbocycles. The van der Waals surface area contributed by atoms with Crippen molar-refractivity contribution < 1.29 is 9.53 Å². The number of aromatic nitrogens is 2. The quantitative estimate of drug-likeness (QED) is 0.846. The lowest BCUT2D eigenvalue weighted by atomic mass is 9.91. The van der Waals surface area contributed by atoms with Crippen LogP contribution in [-0.4, -0.2) is 41.9 Å². The number of amides is 1. The molecule has 2 N–H and O–H groups in total. The smallest absolute Gasteiger partial charge is 0.258 e. The third-order valence-corrected chi connectivity index (χ3v) is 4.19. The van der Waals surface area contributed by atoms with Gasteiger partial charge in [-0.15, -0.1) is 10.2 Å². The van der Waals surface area contributed by atoms with Crippen LogP contribution in [0.3, 0.4) is 0 Å². The molecule has 0 atom stereocenters. The van der Waals surface area contributed by atoms with Crippen molar-refractivity contribution in [1.82, 2.24) is 15.5 Å². The van der Waals surface area contributed by atoms with Crippen LogP contribution in [0.5, 0.6) is 0 Å². The fraction of sp³-hybridized carbons (Fsp3) is 0.727. The molecule has 0 unspecified atom stereocenters. The molecule has 100 valence electrons. The zero-order valence-electron chi connectivity index (χ0n) is 10.7. The number of hydrogen-bond acceptors (Lipinski definition) is 6. The summed E-state index contributed by atoms with van der Waals surface area (Å²) in [4.78, 5) is 12.3.